The maximum atomic E-state index is 13.0. The minimum atomic E-state index is -4.36. The van der Waals surface area contributed by atoms with Gasteiger partial charge in [0.1, 0.15) is 6.33 Å². The smallest absolute Gasteiger partial charge is 0.377 e. The third kappa shape index (κ3) is 7.49. The van der Waals surface area contributed by atoms with E-state index in [1.54, 1.807) is 18.2 Å². The van der Waals surface area contributed by atoms with Crippen LogP contribution in [0, 0.1) is 13.8 Å². The van der Waals surface area contributed by atoms with Crippen LogP contribution in [0.1, 0.15) is 23.6 Å². The molecule has 0 unspecified atom stereocenters. The van der Waals surface area contributed by atoms with Crippen molar-refractivity contribution in [3.63, 3.8) is 0 Å². The summed E-state index contributed by atoms with van der Waals surface area (Å²) in [5.41, 5.74) is 0.552. The van der Waals surface area contributed by atoms with Crippen molar-refractivity contribution in [2.24, 2.45) is 4.99 Å². The molecule has 0 spiro atoms. The molecule has 2 heterocycles. The van der Waals surface area contributed by atoms with Crippen LogP contribution < -0.4 is 10.2 Å². The van der Waals surface area contributed by atoms with Gasteiger partial charge in [-0.15, -0.1) is 5.10 Å². The molecule has 4 aromatic rings. The average molecular weight is 641 g/mol. The quantitative estimate of drug-likeness (QED) is 0.201. The fourth-order valence-corrected chi connectivity index (χ4v) is 5.79. The predicted octanol–water partition coefficient (Wildman–Crippen LogP) is 7.37. The molecular weight excluding hydrogens is 613 g/mol. The van der Waals surface area contributed by atoms with Crippen LogP contribution in [0.5, 0.6) is 0 Å². The molecule has 1 aliphatic heterocycles. The summed E-state index contributed by atoms with van der Waals surface area (Å²) in [5, 5.41) is 7.52. The first-order chi connectivity index (χ1) is 21.0. The van der Waals surface area contributed by atoms with Crippen molar-refractivity contribution in [1.82, 2.24) is 14.8 Å². The lowest BCUT2D eigenvalue weighted by Gasteiger charge is -2.20. The number of amides is 3. The number of rotatable bonds is 8. The van der Waals surface area contributed by atoms with Gasteiger partial charge in [0.05, 0.1) is 23.7 Å². The van der Waals surface area contributed by atoms with Crippen molar-refractivity contribution in [2.75, 3.05) is 22.6 Å². The SMILES string of the molecule is CCOCc1ccc(C)cc1N1C(=O)CSC1=NC(=O)Nc1ccc(-c2ncn(-c3ccc(SC(F)(F)F)cc3)n2)cc1C. The third-order valence-corrected chi connectivity index (χ3v) is 8.12. The van der Waals surface area contributed by atoms with Gasteiger partial charge in [-0.3, -0.25) is 9.69 Å². The van der Waals surface area contributed by atoms with Crippen LogP contribution in [0.2, 0.25) is 0 Å². The summed E-state index contributed by atoms with van der Waals surface area (Å²) in [5.74, 6) is 0.393. The molecule has 1 aliphatic rings. The number of hydrogen-bond donors (Lipinski definition) is 1. The number of aliphatic imine (C=N–C) groups is 1. The first-order valence-electron chi connectivity index (χ1n) is 13.4. The molecule has 0 radical (unpaired) electrons. The first kappa shape index (κ1) is 31.3. The van der Waals surface area contributed by atoms with E-state index in [2.05, 4.69) is 20.4 Å². The maximum absolute atomic E-state index is 13.0. The summed E-state index contributed by atoms with van der Waals surface area (Å²) in [6.45, 7) is 6.48. The van der Waals surface area contributed by atoms with Gasteiger partial charge in [0.15, 0.2) is 11.0 Å². The Hall–Kier alpha value is -4.14. The van der Waals surface area contributed by atoms with Crippen LogP contribution in [0.3, 0.4) is 0 Å². The number of urea groups is 1. The van der Waals surface area contributed by atoms with Gasteiger partial charge >= 0.3 is 11.5 Å². The summed E-state index contributed by atoms with van der Waals surface area (Å²) in [6.07, 6.45) is 1.47. The van der Waals surface area contributed by atoms with E-state index >= 15 is 0 Å². The van der Waals surface area contributed by atoms with Crippen molar-refractivity contribution in [2.45, 2.75) is 37.8 Å². The van der Waals surface area contributed by atoms with E-state index in [1.165, 1.54) is 51.9 Å². The van der Waals surface area contributed by atoms with Crippen LogP contribution in [-0.4, -0.2) is 49.7 Å². The fourth-order valence-electron chi connectivity index (χ4n) is 4.39. The molecule has 5 rings (SSSR count). The summed E-state index contributed by atoms with van der Waals surface area (Å²) in [6, 6.07) is 16.2. The van der Waals surface area contributed by atoms with Crippen molar-refractivity contribution >= 4 is 52.0 Å². The van der Waals surface area contributed by atoms with E-state index in [4.69, 9.17) is 4.74 Å². The van der Waals surface area contributed by atoms with E-state index in [1.807, 2.05) is 39.0 Å². The fraction of sp³-hybridized carbons (Fsp3) is 0.233. The lowest BCUT2D eigenvalue weighted by Crippen LogP contribution is -2.31. The molecule has 3 amide bonds. The molecule has 0 aliphatic carbocycles. The van der Waals surface area contributed by atoms with Gasteiger partial charge in [-0.25, -0.2) is 14.5 Å². The van der Waals surface area contributed by atoms with E-state index in [0.717, 1.165) is 16.7 Å². The number of benzene rings is 3. The third-order valence-electron chi connectivity index (χ3n) is 6.46. The van der Waals surface area contributed by atoms with Crippen LogP contribution in [0.4, 0.5) is 29.3 Å². The van der Waals surface area contributed by atoms with E-state index in [-0.39, 0.29) is 33.5 Å². The van der Waals surface area contributed by atoms with Crippen LogP contribution >= 0.6 is 23.5 Å². The number of nitrogens with zero attached hydrogens (tertiary/aromatic N) is 5. The van der Waals surface area contributed by atoms with Crippen molar-refractivity contribution in [1.29, 1.82) is 0 Å². The molecule has 0 bridgehead atoms. The van der Waals surface area contributed by atoms with Gasteiger partial charge in [0, 0.05) is 28.3 Å². The standard InChI is InChI=1S/C30H27F3N6O3S2/c1-4-42-15-21-6-5-18(2)13-25(21)39-26(40)16-43-29(39)36-28(41)35-24-12-7-20(14-19(24)3)27-34-17-38(37-27)22-8-10-23(11-9-22)44-30(31,32)33/h5-14,17H,4,15-16H2,1-3H3,(H,35,41). The zero-order chi connectivity index (χ0) is 31.4. The second kappa shape index (κ2) is 13.2. The molecule has 1 aromatic heterocycles. The number of nitrogens with one attached hydrogen (secondary N) is 1. The number of amidine groups is 1. The summed E-state index contributed by atoms with van der Waals surface area (Å²) < 4.78 is 44.9. The van der Waals surface area contributed by atoms with E-state index < -0.39 is 11.5 Å². The van der Waals surface area contributed by atoms with Gasteiger partial charge in [-0.1, -0.05) is 23.9 Å². The number of thioether (sulfide) groups is 2. The Morgan fingerprint density at radius 3 is 2.59 bits per heavy atom. The van der Waals surface area contributed by atoms with Crippen molar-refractivity contribution in [3.05, 3.63) is 83.7 Å². The summed E-state index contributed by atoms with van der Waals surface area (Å²) >= 11 is 1.01. The monoisotopic (exact) mass is 640 g/mol. The Balaban J connectivity index is 1.30. The molecule has 14 heteroatoms. The first-order valence-corrected chi connectivity index (χ1v) is 15.2. The Bertz CT molecular complexity index is 1720. The van der Waals surface area contributed by atoms with Gasteiger partial charge in [-0.2, -0.15) is 18.2 Å². The van der Waals surface area contributed by atoms with Gasteiger partial charge < -0.3 is 10.1 Å². The van der Waals surface area contributed by atoms with Crippen LogP contribution in [-0.2, 0) is 16.1 Å². The summed E-state index contributed by atoms with van der Waals surface area (Å²) in [7, 11) is 0. The molecule has 9 nitrogen and oxygen atoms in total. The number of ether oxygens (including phenoxy) is 1. The van der Waals surface area contributed by atoms with Crippen molar-refractivity contribution < 1.29 is 27.5 Å². The molecule has 1 saturated heterocycles. The molecule has 1 N–H and O–H groups in total. The Labute approximate surface area is 259 Å². The number of hydrogen-bond acceptors (Lipinski definition) is 7. The minimum Gasteiger partial charge on any atom is -0.377 e. The Morgan fingerprint density at radius 1 is 1.11 bits per heavy atom. The second-order valence-electron chi connectivity index (χ2n) is 9.70. The van der Waals surface area contributed by atoms with E-state index in [9.17, 15) is 22.8 Å². The van der Waals surface area contributed by atoms with Crippen LogP contribution in [0.25, 0.3) is 17.1 Å². The largest absolute Gasteiger partial charge is 0.446 e. The highest BCUT2D eigenvalue weighted by atomic mass is 32.2. The topological polar surface area (TPSA) is 102 Å². The second-order valence-corrected chi connectivity index (χ2v) is 11.8. The highest BCUT2D eigenvalue weighted by Gasteiger charge is 2.32. The Morgan fingerprint density at radius 2 is 1.89 bits per heavy atom. The van der Waals surface area contributed by atoms with Gasteiger partial charge in [0.25, 0.3) is 0 Å². The number of carbonyl (C=O) groups excluding carboxylic acids is 2. The van der Waals surface area contributed by atoms with Gasteiger partial charge in [0.2, 0.25) is 5.91 Å². The Kier molecular flexibility index (Phi) is 9.42. The molecule has 0 atom stereocenters. The minimum absolute atomic E-state index is 0.0762. The van der Waals surface area contributed by atoms with Gasteiger partial charge in [-0.05, 0) is 92.2 Å². The zero-order valence-corrected chi connectivity index (χ0v) is 25.5. The molecule has 0 saturated carbocycles. The predicted molar refractivity (Wildman–Crippen MR) is 166 cm³/mol. The number of aromatic nitrogens is 3. The highest BCUT2D eigenvalue weighted by Crippen LogP contribution is 2.37. The number of carbonyl (C=O) groups is 2. The summed E-state index contributed by atoms with van der Waals surface area (Å²) in [4.78, 5) is 35.9. The number of halogens is 3. The highest BCUT2D eigenvalue weighted by molar-refractivity contribution is 8.15. The molecule has 3 aromatic carbocycles. The molecule has 44 heavy (non-hydrogen) atoms. The zero-order valence-electron chi connectivity index (χ0n) is 23.9. The van der Waals surface area contributed by atoms with Crippen molar-refractivity contribution in [3.8, 4) is 17.1 Å². The average Bonchev–Trinajstić information content (AvgIpc) is 3.60. The number of alkyl halides is 3. The molecule has 1 fully saturated rings. The van der Waals surface area contributed by atoms with Crippen LogP contribution in [0.15, 0.2) is 76.9 Å². The lowest BCUT2D eigenvalue weighted by atomic mass is 10.1. The number of aryl methyl sites for hydroxylation is 2. The lowest BCUT2D eigenvalue weighted by molar-refractivity contribution is -0.115. The number of anilines is 2. The normalized spacial score (nSPS) is 14.5. The molecular formula is C30H27F3N6O3S2. The van der Waals surface area contributed by atoms with E-state index in [0.29, 0.717) is 41.7 Å². The molecule has 228 valence electrons. The maximum Gasteiger partial charge on any atom is 0.446 e.